The van der Waals surface area contributed by atoms with Crippen LogP contribution in [-0.4, -0.2) is 38.8 Å². The summed E-state index contributed by atoms with van der Waals surface area (Å²) in [6, 6.07) is 4.98. The van der Waals surface area contributed by atoms with E-state index in [9.17, 15) is 36.2 Å². The summed E-state index contributed by atoms with van der Waals surface area (Å²) in [5, 5.41) is 13.5. The molecule has 2 heterocycles. The topological polar surface area (TPSA) is 58.4 Å². The second kappa shape index (κ2) is 7.51. The number of aromatic hydroxyl groups is 1. The lowest BCUT2D eigenvalue weighted by Gasteiger charge is -2.58. The number of aromatic nitrogens is 2. The third-order valence-corrected chi connectivity index (χ3v) is 6.45. The van der Waals surface area contributed by atoms with Gasteiger partial charge >= 0.3 is 6.18 Å². The summed E-state index contributed by atoms with van der Waals surface area (Å²) in [6.45, 7) is 0.576. The largest absolute Gasteiger partial charge is 0.508 e. The Bertz CT molecular complexity index is 1290. The minimum atomic E-state index is -4.82. The van der Waals surface area contributed by atoms with Crippen LogP contribution in [0, 0.1) is 22.9 Å². The molecular weight excluding hydrogens is 464 g/mol. The van der Waals surface area contributed by atoms with E-state index in [1.54, 1.807) is 0 Å². The summed E-state index contributed by atoms with van der Waals surface area (Å²) in [5.74, 6) is -3.49. The van der Waals surface area contributed by atoms with Gasteiger partial charge in [0, 0.05) is 30.3 Å². The van der Waals surface area contributed by atoms with Crippen molar-refractivity contribution in [1.29, 1.82) is 0 Å². The molecule has 2 aliphatic rings. The van der Waals surface area contributed by atoms with Crippen molar-refractivity contribution in [2.24, 2.45) is 5.41 Å². The lowest BCUT2D eigenvalue weighted by atomic mass is 9.60. The first-order valence-corrected chi connectivity index (χ1v) is 10.4. The molecule has 1 aliphatic heterocycles. The van der Waals surface area contributed by atoms with E-state index in [0.29, 0.717) is 18.9 Å². The second-order valence-corrected chi connectivity index (χ2v) is 8.88. The molecule has 0 bridgehead atoms. The smallest absolute Gasteiger partial charge is 0.420 e. The van der Waals surface area contributed by atoms with Crippen LogP contribution < -0.4 is 0 Å². The van der Waals surface area contributed by atoms with Crippen LogP contribution in [0.15, 0.2) is 42.6 Å². The van der Waals surface area contributed by atoms with E-state index >= 15 is 0 Å². The van der Waals surface area contributed by atoms with Crippen molar-refractivity contribution >= 4 is 5.91 Å². The van der Waals surface area contributed by atoms with E-state index in [-0.39, 0.29) is 29.8 Å². The highest BCUT2D eigenvalue weighted by atomic mass is 19.4. The summed E-state index contributed by atoms with van der Waals surface area (Å²) in [6.07, 6.45) is -3.19. The quantitative estimate of drug-likeness (QED) is 0.526. The predicted molar refractivity (Wildman–Crippen MR) is 107 cm³/mol. The van der Waals surface area contributed by atoms with E-state index in [2.05, 4.69) is 5.10 Å². The van der Waals surface area contributed by atoms with E-state index in [1.807, 2.05) is 0 Å². The molecule has 5 nitrogen and oxygen atoms in total. The third kappa shape index (κ3) is 3.68. The zero-order valence-electron chi connectivity index (χ0n) is 17.4. The summed E-state index contributed by atoms with van der Waals surface area (Å²) in [4.78, 5) is 13.9. The van der Waals surface area contributed by atoms with Crippen LogP contribution in [0.2, 0.25) is 0 Å². The highest BCUT2D eigenvalue weighted by molar-refractivity contribution is 5.95. The molecule has 0 unspecified atom stereocenters. The van der Waals surface area contributed by atoms with Gasteiger partial charge in [0.2, 0.25) is 0 Å². The van der Waals surface area contributed by atoms with Crippen molar-refractivity contribution in [1.82, 2.24) is 14.7 Å². The van der Waals surface area contributed by atoms with Gasteiger partial charge < -0.3 is 10.0 Å². The number of amides is 1. The van der Waals surface area contributed by atoms with Crippen molar-refractivity contribution in [3.63, 3.8) is 0 Å². The van der Waals surface area contributed by atoms with Crippen molar-refractivity contribution in [2.45, 2.75) is 25.1 Å². The molecule has 1 saturated carbocycles. The molecule has 1 aromatic heterocycles. The van der Waals surface area contributed by atoms with Crippen LogP contribution in [0.5, 0.6) is 5.75 Å². The maximum absolute atomic E-state index is 14.2. The van der Waals surface area contributed by atoms with Gasteiger partial charge in [0.15, 0.2) is 0 Å². The Morgan fingerprint density at radius 1 is 1.03 bits per heavy atom. The Hall–Kier alpha value is -3.50. The first-order chi connectivity index (χ1) is 16.0. The molecule has 1 saturated heterocycles. The van der Waals surface area contributed by atoms with Gasteiger partial charge in [-0.2, -0.15) is 18.3 Å². The van der Waals surface area contributed by atoms with Gasteiger partial charge in [0.25, 0.3) is 5.91 Å². The SMILES string of the molecule is O=C(c1cc(O)ccc1F)N1CC2(CC(n3cc(C(F)(F)F)c(-c4cc(F)ccc4F)n3)C2)C1. The van der Waals surface area contributed by atoms with Crippen molar-refractivity contribution < 1.29 is 36.2 Å². The number of hydrogen-bond acceptors (Lipinski definition) is 3. The molecule has 0 atom stereocenters. The molecule has 2 aromatic carbocycles. The van der Waals surface area contributed by atoms with Gasteiger partial charge in [-0.1, -0.05) is 0 Å². The number of hydrogen-bond donors (Lipinski definition) is 1. The number of likely N-dealkylation sites (tertiary alicyclic amines) is 1. The molecule has 178 valence electrons. The van der Waals surface area contributed by atoms with Crippen molar-refractivity contribution in [2.75, 3.05) is 13.1 Å². The zero-order chi connectivity index (χ0) is 24.4. The fourth-order valence-electron chi connectivity index (χ4n) is 4.80. The number of phenols is 1. The Balaban J connectivity index is 1.32. The summed E-state index contributed by atoms with van der Waals surface area (Å²) < 4.78 is 83.6. The minimum Gasteiger partial charge on any atom is -0.508 e. The molecule has 34 heavy (non-hydrogen) atoms. The first kappa shape index (κ1) is 22.3. The van der Waals surface area contributed by atoms with Gasteiger partial charge in [-0.3, -0.25) is 9.48 Å². The van der Waals surface area contributed by atoms with E-state index in [4.69, 9.17) is 0 Å². The molecule has 1 aliphatic carbocycles. The molecule has 1 spiro atoms. The molecule has 3 aromatic rings. The number of carbonyl (C=O) groups is 1. The van der Waals surface area contributed by atoms with Gasteiger partial charge in [0.1, 0.15) is 34.5 Å². The number of nitrogens with zero attached hydrogens (tertiary/aromatic N) is 3. The lowest BCUT2D eigenvalue weighted by Crippen LogP contribution is -2.63. The monoisotopic (exact) mass is 481 g/mol. The molecule has 1 N–H and O–H groups in total. The molecule has 1 amide bonds. The van der Waals surface area contributed by atoms with E-state index in [1.165, 1.54) is 4.90 Å². The number of carbonyl (C=O) groups excluding carboxylic acids is 1. The number of benzene rings is 2. The zero-order valence-corrected chi connectivity index (χ0v) is 17.4. The number of halogens is 6. The standard InChI is InChI=1S/C23H17F6N3O2/c24-12-1-3-18(25)15(5-12)20-17(23(27,28)29)9-32(30-20)13-7-22(8-13)10-31(11-22)21(34)16-6-14(33)2-4-19(16)26/h1-6,9,13,33H,7-8,10-11H2. The normalized spacial score (nSPS) is 17.5. The summed E-state index contributed by atoms with van der Waals surface area (Å²) in [7, 11) is 0. The van der Waals surface area contributed by atoms with Gasteiger partial charge in [-0.05, 0) is 49.2 Å². The average molecular weight is 481 g/mol. The average Bonchev–Trinajstić information content (AvgIpc) is 3.14. The Labute approximate surface area is 189 Å². The molecule has 0 radical (unpaired) electrons. The van der Waals surface area contributed by atoms with Gasteiger partial charge in [-0.25, -0.2) is 13.2 Å². The summed E-state index contributed by atoms with van der Waals surface area (Å²) in [5.41, 5.74) is -3.01. The maximum atomic E-state index is 14.2. The molecule has 11 heteroatoms. The van der Waals surface area contributed by atoms with E-state index < -0.39 is 52.4 Å². The highest BCUT2D eigenvalue weighted by Gasteiger charge is 2.55. The Morgan fingerprint density at radius 3 is 2.38 bits per heavy atom. The number of phenolic OH excluding ortho intramolecular Hbond substituents is 1. The Morgan fingerprint density at radius 2 is 1.71 bits per heavy atom. The third-order valence-electron chi connectivity index (χ3n) is 6.45. The molecule has 5 rings (SSSR count). The predicted octanol–water partition coefficient (Wildman–Crippen LogP) is 5.17. The van der Waals surface area contributed by atoms with Crippen LogP contribution in [0.4, 0.5) is 26.3 Å². The number of alkyl halides is 3. The molecule has 2 fully saturated rings. The van der Waals surface area contributed by atoms with Crippen LogP contribution in [-0.2, 0) is 6.18 Å². The van der Waals surface area contributed by atoms with Gasteiger partial charge in [0.05, 0.1) is 11.6 Å². The highest BCUT2D eigenvalue weighted by Crippen LogP contribution is 2.55. The van der Waals surface area contributed by atoms with Crippen LogP contribution in [0.25, 0.3) is 11.3 Å². The second-order valence-electron chi connectivity index (χ2n) is 8.88. The number of rotatable bonds is 3. The molecular formula is C23H17F6N3O2. The fourth-order valence-corrected chi connectivity index (χ4v) is 4.80. The van der Waals surface area contributed by atoms with Crippen LogP contribution in [0.3, 0.4) is 0 Å². The summed E-state index contributed by atoms with van der Waals surface area (Å²) >= 11 is 0. The fraction of sp³-hybridized carbons (Fsp3) is 0.304. The van der Waals surface area contributed by atoms with Crippen LogP contribution in [0.1, 0.15) is 34.8 Å². The maximum Gasteiger partial charge on any atom is 0.420 e. The van der Waals surface area contributed by atoms with E-state index in [0.717, 1.165) is 41.2 Å². The van der Waals surface area contributed by atoms with Crippen LogP contribution >= 0.6 is 0 Å². The lowest BCUT2D eigenvalue weighted by molar-refractivity contribution is -0.137. The first-order valence-electron chi connectivity index (χ1n) is 10.4. The van der Waals surface area contributed by atoms with Crippen molar-refractivity contribution in [3.8, 4) is 17.0 Å². The Kier molecular flexibility index (Phi) is 4.92. The van der Waals surface area contributed by atoms with Crippen molar-refractivity contribution in [3.05, 3.63) is 71.2 Å². The van der Waals surface area contributed by atoms with Gasteiger partial charge in [-0.15, -0.1) is 0 Å². The minimum absolute atomic E-state index is 0.242.